The topological polar surface area (TPSA) is 68.0 Å². The molecule has 3 N–H and O–H groups in total. The maximum atomic E-state index is 13.5. The number of hydrogen-bond donors (Lipinski definition) is 2. The van der Waals surface area contributed by atoms with E-state index in [1.807, 2.05) is 54.6 Å². The van der Waals surface area contributed by atoms with Gasteiger partial charge in [0.1, 0.15) is 16.6 Å². The first-order chi connectivity index (χ1) is 17.6. The Morgan fingerprint density at radius 1 is 0.806 bits per heavy atom. The second-order valence-electron chi connectivity index (χ2n) is 8.41. The lowest BCUT2D eigenvalue weighted by Gasteiger charge is -2.34. The summed E-state index contributed by atoms with van der Waals surface area (Å²) in [4.78, 5) is 18.3. The number of halogens is 1. The number of carbonyl (C=O) groups excluding carboxylic acids is 1. The lowest BCUT2D eigenvalue weighted by Crippen LogP contribution is -2.30. The molecule has 0 radical (unpaired) electrons. The van der Waals surface area contributed by atoms with E-state index in [1.54, 1.807) is 12.1 Å². The van der Waals surface area contributed by atoms with Gasteiger partial charge in [0.25, 0.3) is 0 Å². The minimum Gasteiger partial charge on any atom is -0.383 e. The van der Waals surface area contributed by atoms with Crippen molar-refractivity contribution in [2.24, 2.45) is 0 Å². The van der Waals surface area contributed by atoms with Gasteiger partial charge in [0, 0.05) is 5.69 Å². The summed E-state index contributed by atoms with van der Waals surface area (Å²) in [6.07, 6.45) is 0.0362. The van der Waals surface area contributed by atoms with Crippen LogP contribution in [-0.2, 0) is 16.6 Å². The van der Waals surface area contributed by atoms with Gasteiger partial charge in [0.15, 0.2) is 0 Å². The van der Waals surface area contributed by atoms with Crippen LogP contribution in [0.5, 0.6) is 0 Å². The van der Waals surface area contributed by atoms with Crippen molar-refractivity contribution in [1.29, 1.82) is 0 Å². The lowest BCUT2D eigenvalue weighted by molar-refractivity contribution is -0.115. The molecule has 1 amide bonds. The fraction of sp³-hybridized carbons (Fsp3) is 0.0667. The van der Waals surface area contributed by atoms with Crippen molar-refractivity contribution in [3.63, 3.8) is 0 Å². The van der Waals surface area contributed by atoms with Crippen LogP contribution in [0.2, 0.25) is 0 Å². The lowest BCUT2D eigenvalue weighted by atomic mass is 9.70. The monoisotopic (exact) mass is 493 g/mol. The summed E-state index contributed by atoms with van der Waals surface area (Å²) < 4.78 is 13.5. The minimum absolute atomic E-state index is 0.0362. The molecule has 0 aliphatic heterocycles. The van der Waals surface area contributed by atoms with Gasteiger partial charge in [0.2, 0.25) is 5.91 Å². The Morgan fingerprint density at radius 3 is 1.83 bits per heavy atom. The van der Waals surface area contributed by atoms with Crippen molar-refractivity contribution in [2.75, 3.05) is 11.1 Å². The normalized spacial score (nSPS) is 11.2. The van der Waals surface area contributed by atoms with Crippen LogP contribution in [0.4, 0.5) is 15.9 Å². The molecule has 0 fully saturated rings. The third-order valence-electron chi connectivity index (χ3n) is 6.10. The number of thiazole rings is 1. The summed E-state index contributed by atoms with van der Waals surface area (Å²) in [5, 5.41) is 3.52. The number of aromatic nitrogens is 1. The first-order valence-corrected chi connectivity index (χ1v) is 12.4. The van der Waals surface area contributed by atoms with E-state index in [4.69, 9.17) is 10.7 Å². The number of hydrogen-bond acceptors (Lipinski definition) is 4. The van der Waals surface area contributed by atoms with Crippen molar-refractivity contribution in [1.82, 2.24) is 4.98 Å². The van der Waals surface area contributed by atoms with E-state index in [2.05, 4.69) is 41.7 Å². The summed E-state index contributed by atoms with van der Waals surface area (Å²) in [5.74, 6) is -0.380. The molecule has 1 aromatic heterocycles. The zero-order valence-electron chi connectivity index (χ0n) is 19.4. The van der Waals surface area contributed by atoms with Crippen LogP contribution in [0, 0.1) is 5.82 Å². The predicted molar refractivity (Wildman–Crippen MR) is 144 cm³/mol. The molecule has 0 unspecified atom stereocenters. The number of benzene rings is 4. The van der Waals surface area contributed by atoms with Crippen molar-refractivity contribution in [3.8, 4) is 0 Å². The molecule has 0 aliphatic rings. The zero-order valence-corrected chi connectivity index (χ0v) is 20.2. The second kappa shape index (κ2) is 10.1. The summed E-state index contributed by atoms with van der Waals surface area (Å²) in [6, 6.07) is 36.4. The molecule has 0 saturated heterocycles. The molecule has 4 nitrogen and oxygen atoms in total. The maximum Gasteiger partial charge on any atom is 0.229 e. The fourth-order valence-electron chi connectivity index (χ4n) is 4.50. The molecule has 5 rings (SSSR count). The van der Waals surface area contributed by atoms with Crippen LogP contribution < -0.4 is 11.1 Å². The predicted octanol–water partition coefficient (Wildman–Crippen LogP) is 6.43. The molecular formula is C30H24FN3OS. The third kappa shape index (κ3) is 4.51. The number of nitrogens with zero attached hydrogens (tertiary/aromatic N) is 1. The largest absolute Gasteiger partial charge is 0.383 e. The number of nitrogens with one attached hydrogen (secondary N) is 1. The Labute approximate surface area is 213 Å². The standard InChI is InChI=1S/C30H24FN3OS/c31-24-17-10-18-25(19-24)33-27(35)20-26-28(32)34-29(36-26)30(21-11-4-1-5-12-21,22-13-6-2-7-14-22)23-15-8-3-9-16-23/h1-19H,20,32H2,(H,33,35). The van der Waals surface area contributed by atoms with Crippen LogP contribution >= 0.6 is 11.3 Å². The van der Waals surface area contributed by atoms with E-state index in [-0.39, 0.29) is 12.3 Å². The molecular weight excluding hydrogens is 469 g/mol. The first-order valence-electron chi connectivity index (χ1n) is 11.5. The molecule has 0 bridgehead atoms. The Kier molecular flexibility index (Phi) is 6.60. The van der Waals surface area contributed by atoms with Gasteiger partial charge in [-0.15, -0.1) is 11.3 Å². The molecule has 178 valence electrons. The maximum absolute atomic E-state index is 13.5. The second-order valence-corrected chi connectivity index (χ2v) is 9.49. The number of nitrogens with two attached hydrogens (primary N) is 1. The third-order valence-corrected chi connectivity index (χ3v) is 7.29. The smallest absolute Gasteiger partial charge is 0.229 e. The number of carbonyl (C=O) groups is 1. The summed E-state index contributed by atoms with van der Waals surface area (Å²) in [5.41, 5.74) is 9.22. The zero-order chi connectivity index (χ0) is 25.0. The quantitative estimate of drug-likeness (QED) is 0.257. The van der Waals surface area contributed by atoms with Gasteiger partial charge in [-0.3, -0.25) is 4.79 Å². The van der Waals surface area contributed by atoms with Gasteiger partial charge in [0.05, 0.1) is 16.7 Å². The summed E-state index contributed by atoms with van der Waals surface area (Å²) in [6.45, 7) is 0. The molecule has 0 atom stereocenters. The number of anilines is 2. The summed E-state index contributed by atoms with van der Waals surface area (Å²) >= 11 is 1.42. The van der Waals surface area contributed by atoms with E-state index in [1.165, 1.54) is 23.5 Å². The van der Waals surface area contributed by atoms with Crippen LogP contribution in [0.15, 0.2) is 115 Å². The van der Waals surface area contributed by atoms with Crippen LogP contribution in [0.3, 0.4) is 0 Å². The first kappa shape index (κ1) is 23.5. The summed E-state index contributed by atoms with van der Waals surface area (Å²) in [7, 11) is 0. The van der Waals surface area contributed by atoms with E-state index in [9.17, 15) is 9.18 Å². The van der Waals surface area contributed by atoms with Crippen molar-refractivity contribution < 1.29 is 9.18 Å². The minimum atomic E-state index is -0.722. The Hall–Kier alpha value is -4.29. The fourth-order valence-corrected chi connectivity index (χ4v) is 5.74. The Balaban J connectivity index is 1.62. The average molecular weight is 494 g/mol. The van der Waals surface area contributed by atoms with Gasteiger partial charge in [-0.1, -0.05) is 97.1 Å². The van der Waals surface area contributed by atoms with E-state index in [0.717, 1.165) is 21.7 Å². The van der Waals surface area contributed by atoms with Crippen molar-refractivity contribution in [2.45, 2.75) is 11.8 Å². The van der Waals surface area contributed by atoms with Gasteiger partial charge >= 0.3 is 0 Å². The van der Waals surface area contributed by atoms with Gasteiger partial charge < -0.3 is 11.1 Å². The molecule has 0 spiro atoms. The van der Waals surface area contributed by atoms with E-state index < -0.39 is 11.2 Å². The highest BCUT2D eigenvalue weighted by Gasteiger charge is 2.41. The SMILES string of the molecule is Nc1nc(C(c2ccccc2)(c2ccccc2)c2ccccc2)sc1CC(=O)Nc1cccc(F)c1. The number of nitrogen functional groups attached to an aromatic ring is 1. The van der Waals surface area contributed by atoms with Gasteiger partial charge in [-0.05, 0) is 34.9 Å². The van der Waals surface area contributed by atoms with Crippen LogP contribution in [0.25, 0.3) is 0 Å². The highest BCUT2D eigenvalue weighted by molar-refractivity contribution is 7.12. The molecule has 1 heterocycles. The molecule has 5 aromatic rings. The number of amides is 1. The Morgan fingerprint density at radius 2 is 1.33 bits per heavy atom. The number of rotatable bonds is 7. The van der Waals surface area contributed by atoms with Gasteiger partial charge in [-0.2, -0.15) is 0 Å². The van der Waals surface area contributed by atoms with E-state index in [0.29, 0.717) is 16.4 Å². The van der Waals surface area contributed by atoms with E-state index >= 15 is 0 Å². The Bertz CT molecular complexity index is 1370. The molecule has 4 aromatic carbocycles. The van der Waals surface area contributed by atoms with Crippen molar-refractivity contribution in [3.05, 3.63) is 148 Å². The van der Waals surface area contributed by atoms with Crippen LogP contribution in [-0.4, -0.2) is 10.9 Å². The van der Waals surface area contributed by atoms with Crippen LogP contribution in [0.1, 0.15) is 26.6 Å². The molecule has 0 aliphatic carbocycles. The average Bonchev–Trinajstić information content (AvgIpc) is 3.26. The molecule has 6 heteroatoms. The van der Waals surface area contributed by atoms with Crippen molar-refractivity contribution >= 4 is 28.7 Å². The highest BCUT2D eigenvalue weighted by atomic mass is 32.1. The highest BCUT2D eigenvalue weighted by Crippen LogP contribution is 2.47. The van der Waals surface area contributed by atoms with Gasteiger partial charge in [-0.25, -0.2) is 9.37 Å². The molecule has 0 saturated carbocycles. The molecule has 36 heavy (non-hydrogen) atoms.